The maximum atomic E-state index is 13.3. The van der Waals surface area contributed by atoms with E-state index in [1.165, 1.54) is 16.9 Å². The molecule has 0 fully saturated rings. The summed E-state index contributed by atoms with van der Waals surface area (Å²) in [6.45, 7) is 3.86. The maximum absolute atomic E-state index is 13.3. The van der Waals surface area contributed by atoms with Gasteiger partial charge < -0.3 is 4.98 Å². The average Bonchev–Trinajstić information content (AvgIpc) is 2.67. The summed E-state index contributed by atoms with van der Waals surface area (Å²) in [4.78, 5) is 3.28. The fourth-order valence-electron chi connectivity index (χ4n) is 1.62. The number of fused-ring (bicyclic) bond motifs is 1. The van der Waals surface area contributed by atoms with Crippen molar-refractivity contribution >= 4 is 33.4 Å². The number of thiol groups is 1. The van der Waals surface area contributed by atoms with Crippen molar-refractivity contribution in [2.75, 3.05) is 0 Å². The molecule has 2 rings (SSSR count). The third kappa shape index (κ3) is 1.88. The van der Waals surface area contributed by atoms with Crippen molar-refractivity contribution in [1.82, 2.24) is 4.98 Å². The standard InChI is InChI=1S/C11H12FNS2/c1-6-8-5-11(7(2)15-14)13-10(8)4-3-9(6)12/h3-5,7,13-14H,1-2H3. The summed E-state index contributed by atoms with van der Waals surface area (Å²) in [5.74, 6) is -0.153. The molecule has 0 saturated heterocycles. The number of halogens is 1. The summed E-state index contributed by atoms with van der Waals surface area (Å²) in [6.07, 6.45) is 0. The van der Waals surface area contributed by atoms with E-state index in [2.05, 4.69) is 23.6 Å². The Bertz CT molecular complexity index is 493. The van der Waals surface area contributed by atoms with E-state index in [-0.39, 0.29) is 11.1 Å². The minimum Gasteiger partial charge on any atom is -0.357 e. The molecule has 0 aliphatic carbocycles. The SMILES string of the molecule is Cc1c(F)ccc2[nH]c(C(C)SS)cc12. The predicted molar refractivity (Wildman–Crippen MR) is 68.0 cm³/mol. The molecule has 15 heavy (non-hydrogen) atoms. The Kier molecular flexibility index (Phi) is 2.98. The number of hydrogen-bond donors (Lipinski definition) is 2. The lowest BCUT2D eigenvalue weighted by Gasteiger charge is -2.02. The van der Waals surface area contributed by atoms with E-state index >= 15 is 0 Å². The van der Waals surface area contributed by atoms with Crippen LogP contribution in [0.5, 0.6) is 0 Å². The van der Waals surface area contributed by atoms with Gasteiger partial charge in [-0.25, -0.2) is 4.39 Å². The van der Waals surface area contributed by atoms with Crippen LogP contribution in [0.2, 0.25) is 0 Å². The van der Waals surface area contributed by atoms with Gasteiger partial charge in [-0.3, -0.25) is 0 Å². The van der Waals surface area contributed by atoms with Crippen LogP contribution in [0.4, 0.5) is 4.39 Å². The van der Waals surface area contributed by atoms with Crippen LogP contribution >= 0.6 is 22.5 Å². The Morgan fingerprint density at radius 2 is 2.20 bits per heavy atom. The van der Waals surface area contributed by atoms with Crippen LogP contribution in [0.1, 0.15) is 23.4 Å². The fourth-order valence-corrected chi connectivity index (χ4v) is 2.20. The number of aromatic nitrogens is 1. The van der Waals surface area contributed by atoms with Crippen molar-refractivity contribution in [2.24, 2.45) is 0 Å². The van der Waals surface area contributed by atoms with E-state index in [0.717, 1.165) is 16.6 Å². The van der Waals surface area contributed by atoms with Crippen molar-refractivity contribution in [2.45, 2.75) is 19.1 Å². The third-order valence-electron chi connectivity index (χ3n) is 2.62. The molecule has 1 aromatic heterocycles. The number of aromatic amines is 1. The number of hydrogen-bond acceptors (Lipinski definition) is 2. The molecular weight excluding hydrogens is 229 g/mol. The second kappa shape index (κ2) is 4.10. The first kappa shape index (κ1) is 10.9. The average molecular weight is 241 g/mol. The molecule has 0 spiro atoms. The zero-order chi connectivity index (χ0) is 11.0. The summed E-state index contributed by atoms with van der Waals surface area (Å²) < 4.78 is 13.3. The molecule has 80 valence electrons. The van der Waals surface area contributed by atoms with Gasteiger partial charge in [-0.2, -0.15) is 0 Å². The van der Waals surface area contributed by atoms with Crippen LogP contribution in [-0.2, 0) is 0 Å². The molecule has 0 aliphatic heterocycles. The number of nitrogens with one attached hydrogen (secondary N) is 1. The molecule has 4 heteroatoms. The topological polar surface area (TPSA) is 15.8 Å². The highest BCUT2D eigenvalue weighted by Crippen LogP contribution is 2.33. The van der Waals surface area contributed by atoms with Gasteiger partial charge in [0.15, 0.2) is 0 Å². The predicted octanol–water partition coefficient (Wildman–Crippen LogP) is 4.25. The molecule has 1 atom stereocenters. The first-order valence-electron chi connectivity index (χ1n) is 4.71. The molecule has 0 radical (unpaired) electrons. The highest BCUT2D eigenvalue weighted by atomic mass is 33.1. The Morgan fingerprint density at radius 3 is 2.87 bits per heavy atom. The van der Waals surface area contributed by atoms with Gasteiger partial charge in [0.2, 0.25) is 0 Å². The number of H-pyrrole nitrogens is 1. The van der Waals surface area contributed by atoms with Crippen LogP contribution in [0.25, 0.3) is 10.9 Å². The van der Waals surface area contributed by atoms with E-state index < -0.39 is 0 Å². The van der Waals surface area contributed by atoms with Gasteiger partial charge in [-0.1, -0.05) is 10.8 Å². The highest BCUT2D eigenvalue weighted by molar-refractivity contribution is 8.68. The van der Waals surface area contributed by atoms with Crippen LogP contribution in [0.3, 0.4) is 0 Å². The molecule has 1 aromatic carbocycles. The largest absolute Gasteiger partial charge is 0.357 e. The van der Waals surface area contributed by atoms with Crippen molar-refractivity contribution in [3.8, 4) is 0 Å². The molecule has 1 unspecified atom stereocenters. The molecule has 1 N–H and O–H groups in total. The van der Waals surface area contributed by atoms with E-state index in [9.17, 15) is 4.39 Å². The second-order valence-electron chi connectivity index (χ2n) is 3.61. The molecule has 1 heterocycles. The number of rotatable bonds is 2. The second-order valence-corrected chi connectivity index (χ2v) is 5.16. The first-order chi connectivity index (χ1) is 7.13. The van der Waals surface area contributed by atoms with Gasteiger partial charge in [0.25, 0.3) is 0 Å². The smallest absolute Gasteiger partial charge is 0.126 e. The molecule has 0 amide bonds. The Hall–Kier alpha value is -0.610. The summed E-state index contributed by atoms with van der Waals surface area (Å²) in [5.41, 5.74) is 2.77. The van der Waals surface area contributed by atoms with Gasteiger partial charge in [0.05, 0.1) is 5.25 Å². The summed E-state index contributed by atoms with van der Waals surface area (Å²) in [5, 5.41) is 1.24. The Morgan fingerprint density at radius 1 is 1.47 bits per heavy atom. The van der Waals surface area contributed by atoms with Crippen LogP contribution < -0.4 is 0 Å². The van der Waals surface area contributed by atoms with Crippen molar-refractivity contribution in [1.29, 1.82) is 0 Å². The molecule has 0 bridgehead atoms. The Balaban J connectivity index is 2.61. The zero-order valence-corrected chi connectivity index (χ0v) is 10.3. The molecule has 0 saturated carbocycles. The minimum atomic E-state index is -0.153. The Labute approximate surface area is 97.3 Å². The lowest BCUT2D eigenvalue weighted by atomic mass is 10.1. The van der Waals surface area contributed by atoms with Crippen molar-refractivity contribution in [3.63, 3.8) is 0 Å². The monoisotopic (exact) mass is 241 g/mol. The first-order valence-corrected chi connectivity index (χ1v) is 6.64. The van der Waals surface area contributed by atoms with E-state index in [1.54, 1.807) is 13.0 Å². The summed E-state index contributed by atoms with van der Waals surface area (Å²) in [7, 11) is 1.47. The maximum Gasteiger partial charge on any atom is 0.126 e. The van der Waals surface area contributed by atoms with Gasteiger partial charge >= 0.3 is 0 Å². The van der Waals surface area contributed by atoms with E-state index in [4.69, 9.17) is 0 Å². The van der Waals surface area contributed by atoms with Crippen LogP contribution in [0.15, 0.2) is 18.2 Å². The normalized spacial score (nSPS) is 13.3. The lowest BCUT2D eigenvalue weighted by molar-refractivity contribution is 0.621. The number of benzene rings is 1. The molecule has 2 aromatic rings. The van der Waals surface area contributed by atoms with Crippen LogP contribution in [-0.4, -0.2) is 4.98 Å². The lowest BCUT2D eigenvalue weighted by Crippen LogP contribution is -1.83. The minimum absolute atomic E-state index is 0.153. The quantitative estimate of drug-likeness (QED) is 0.593. The molecule has 0 aliphatic rings. The van der Waals surface area contributed by atoms with E-state index in [1.807, 2.05) is 6.07 Å². The highest BCUT2D eigenvalue weighted by Gasteiger charge is 2.10. The number of aryl methyl sites for hydroxylation is 1. The summed E-state index contributed by atoms with van der Waals surface area (Å²) in [6, 6.07) is 5.27. The van der Waals surface area contributed by atoms with Crippen molar-refractivity contribution < 1.29 is 4.39 Å². The van der Waals surface area contributed by atoms with Crippen LogP contribution in [0, 0.1) is 12.7 Å². The van der Waals surface area contributed by atoms with E-state index in [0.29, 0.717) is 5.56 Å². The zero-order valence-electron chi connectivity index (χ0n) is 8.54. The van der Waals surface area contributed by atoms with Gasteiger partial charge in [-0.15, -0.1) is 11.7 Å². The third-order valence-corrected chi connectivity index (χ3v) is 4.14. The summed E-state index contributed by atoms with van der Waals surface area (Å²) >= 11 is 4.18. The van der Waals surface area contributed by atoms with Gasteiger partial charge in [0.1, 0.15) is 5.82 Å². The fraction of sp³-hybridized carbons (Fsp3) is 0.273. The molecule has 1 nitrogen and oxygen atoms in total. The molecular formula is C11H12FNS2. The van der Waals surface area contributed by atoms with Gasteiger partial charge in [-0.05, 0) is 37.6 Å². The van der Waals surface area contributed by atoms with Crippen molar-refractivity contribution in [3.05, 3.63) is 35.3 Å². The van der Waals surface area contributed by atoms with Gasteiger partial charge in [0, 0.05) is 16.6 Å².